The number of aryl methyl sites for hydroxylation is 1. The van der Waals surface area contributed by atoms with Crippen LogP contribution < -0.4 is 11.1 Å². The lowest BCUT2D eigenvalue weighted by Crippen LogP contribution is -2.20. The molecule has 0 spiro atoms. The van der Waals surface area contributed by atoms with E-state index in [1.165, 1.54) is 30.6 Å². The number of carbonyl (C=O) groups excluding carboxylic acids is 1. The van der Waals surface area contributed by atoms with Crippen molar-refractivity contribution in [3.05, 3.63) is 69.1 Å². The maximum atomic E-state index is 12.5. The summed E-state index contributed by atoms with van der Waals surface area (Å²) in [4.78, 5) is 20.7. The van der Waals surface area contributed by atoms with E-state index in [-0.39, 0.29) is 11.4 Å². The number of halogens is 3. The zero-order valence-corrected chi connectivity index (χ0v) is 18.2. The molecule has 0 aliphatic carbocycles. The molecule has 0 aliphatic rings. The lowest BCUT2D eigenvalue weighted by Gasteiger charge is -2.14. The van der Waals surface area contributed by atoms with Gasteiger partial charge in [0.15, 0.2) is 11.9 Å². The number of nitrogens with one attached hydrogen (secondary N) is 1. The van der Waals surface area contributed by atoms with E-state index in [0.29, 0.717) is 43.2 Å². The number of anilines is 2. The van der Waals surface area contributed by atoms with Crippen LogP contribution in [-0.2, 0) is 4.79 Å². The molecule has 1 atom stereocenters. The minimum atomic E-state index is -1.47. The molecule has 0 saturated carbocycles. The van der Waals surface area contributed by atoms with Gasteiger partial charge in [-0.3, -0.25) is 4.79 Å². The second-order valence-corrected chi connectivity index (χ2v) is 7.99. The monoisotopic (exact) mass is 476 g/mol. The van der Waals surface area contributed by atoms with Crippen molar-refractivity contribution < 1.29 is 9.90 Å². The van der Waals surface area contributed by atoms with Crippen LogP contribution in [0.2, 0.25) is 15.1 Å². The molecule has 4 aromatic rings. The lowest BCUT2D eigenvalue weighted by atomic mass is 10.1. The molecule has 0 fully saturated rings. The summed E-state index contributed by atoms with van der Waals surface area (Å²) in [5.74, 6) is -0.400. The Morgan fingerprint density at radius 1 is 1.13 bits per heavy atom. The molecule has 0 unspecified atom stereocenters. The predicted octanol–water partition coefficient (Wildman–Crippen LogP) is 4.34. The lowest BCUT2D eigenvalue weighted by molar-refractivity contribution is -0.124. The van der Waals surface area contributed by atoms with E-state index in [4.69, 9.17) is 40.5 Å². The first-order chi connectivity index (χ1) is 14.7. The molecule has 0 aliphatic heterocycles. The van der Waals surface area contributed by atoms with Crippen molar-refractivity contribution in [1.82, 2.24) is 19.7 Å². The maximum absolute atomic E-state index is 12.5. The van der Waals surface area contributed by atoms with Crippen LogP contribution in [-0.4, -0.2) is 30.8 Å². The summed E-state index contributed by atoms with van der Waals surface area (Å²) >= 11 is 18.3. The standard InChI is InChI=1S/C20H15Cl3N6O2/c1-9-16-17(19(24)26-8-25-16)29(28-9)15-3-2-13(7-14(15)23)27-20(31)18(30)10-4-11(21)6-12(22)5-10/h2-8,18,30H,1H3,(H,27,31)(H2,24,25,26)/t18-/m1/s1. The number of aliphatic hydroxyl groups excluding tert-OH is 1. The molecular weight excluding hydrogens is 463 g/mol. The van der Waals surface area contributed by atoms with Crippen LogP contribution >= 0.6 is 34.8 Å². The van der Waals surface area contributed by atoms with E-state index >= 15 is 0 Å². The molecule has 0 saturated heterocycles. The molecule has 0 radical (unpaired) electrons. The molecule has 0 bridgehead atoms. The van der Waals surface area contributed by atoms with Crippen LogP contribution in [0.4, 0.5) is 11.5 Å². The number of nitrogens with zero attached hydrogens (tertiary/aromatic N) is 4. The fourth-order valence-electron chi connectivity index (χ4n) is 3.14. The van der Waals surface area contributed by atoms with Crippen LogP contribution in [0.15, 0.2) is 42.7 Å². The Balaban J connectivity index is 1.62. The fraction of sp³-hybridized carbons (Fsp3) is 0.100. The van der Waals surface area contributed by atoms with E-state index < -0.39 is 12.0 Å². The van der Waals surface area contributed by atoms with E-state index in [9.17, 15) is 9.90 Å². The minimum absolute atomic E-state index is 0.266. The molecule has 4 N–H and O–H groups in total. The fourth-order valence-corrected chi connectivity index (χ4v) is 3.94. The summed E-state index contributed by atoms with van der Waals surface area (Å²) in [5, 5.41) is 18.3. The Bertz CT molecular complexity index is 1300. The Morgan fingerprint density at radius 2 is 1.84 bits per heavy atom. The van der Waals surface area contributed by atoms with Crippen molar-refractivity contribution in [2.75, 3.05) is 11.1 Å². The second kappa shape index (κ2) is 8.32. The Hall–Kier alpha value is -2.91. The van der Waals surface area contributed by atoms with Gasteiger partial charge in [0.05, 0.1) is 16.4 Å². The van der Waals surface area contributed by atoms with Crippen molar-refractivity contribution in [3.63, 3.8) is 0 Å². The zero-order chi connectivity index (χ0) is 22.3. The van der Waals surface area contributed by atoms with Gasteiger partial charge in [0, 0.05) is 15.7 Å². The van der Waals surface area contributed by atoms with E-state index in [2.05, 4.69) is 20.4 Å². The summed E-state index contributed by atoms with van der Waals surface area (Å²) in [6.45, 7) is 1.80. The first-order valence-electron chi connectivity index (χ1n) is 8.95. The number of aromatic nitrogens is 4. The molecular formula is C20H15Cl3N6O2. The van der Waals surface area contributed by atoms with E-state index in [1.807, 2.05) is 0 Å². The zero-order valence-electron chi connectivity index (χ0n) is 16.0. The van der Waals surface area contributed by atoms with Gasteiger partial charge in [-0.2, -0.15) is 5.10 Å². The highest BCUT2D eigenvalue weighted by Gasteiger charge is 2.20. The molecule has 4 rings (SSSR count). The summed E-state index contributed by atoms with van der Waals surface area (Å²) in [6.07, 6.45) is -0.0979. The molecule has 31 heavy (non-hydrogen) atoms. The van der Waals surface area contributed by atoms with Crippen molar-refractivity contribution in [3.8, 4) is 5.69 Å². The number of rotatable bonds is 4. The average Bonchev–Trinajstić information content (AvgIpc) is 3.04. The highest BCUT2D eigenvalue weighted by atomic mass is 35.5. The molecule has 2 aromatic heterocycles. The normalized spacial score (nSPS) is 12.2. The number of amides is 1. The second-order valence-electron chi connectivity index (χ2n) is 6.71. The van der Waals surface area contributed by atoms with Crippen LogP contribution in [0, 0.1) is 6.92 Å². The van der Waals surface area contributed by atoms with Crippen LogP contribution in [0.5, 0.6) is 0 Å². The number of nitrogen functional groups attached to an aromatic ring is 1. The van der Waals surface area contributed by atoms with E-state index in [1.54, 1.807) is 23.7 Å². The summed E-state index contributed by atoms with van der Waals surface area (Å²) in [6, 6.07) is 9.26. The highest BCUT2D eigenvalue weighted by molar-refractivity contribution is 6.34. The number of hydrogen-bond donors (Lipinski definition) is 3. The third-order valence-corrected chi connectivity index (χ3v) is 5.29. The average molecular weight is 478 g/mol. The topological polar surface area (TPSA) is 119 Å². The van der Waals surface area contributed by atoms with Crippen molar-refractivity contribution in [1.29, 1.82) is 0 Å². The molecule has 11 heteroatoms. The van der Waals surface area contributed by atoms with Crippen LogP contribution in [0.3, 0.4) is 0 Å². The molecule has 2 aromatic carbocycles. The van der Waals surface area contributed by atoms with Crippen LogP contribution in [0.25, 0.3) is 16.7 Å². The molecule has 2 heterocycles. The number of aliphatic hydroxyl groups is 1. The summed E-state index contributed by atoms with van der Waals surface area (Å²) < 4.78 is 1.55. The van der Waals surface area contributed by atoms with Gasteiger partial charge in [-0.15, -0.1) is 0 Å². The van der Waals surface area contributed by atoms with Gasteiger partial charge in [0.25, 0.3) is 5.91 Å². The van der Waals surface area contributed by atoms with Gasteiger partial charge in [-0.05, 0) is 48.9 Å². The minimum Gasteiger partial charge on any atom is -0.382 e. The smallest absolute Gasteiger partial charge is 0.257 e. The summed E-state index contributed by atoms with van der Waals surface area (Å²) in [5.41, 5.74) is 9.00. The van der Waals surface area contributed by atoms with Gasteiger partial charge in [-0.1, -0.05) is 34.8 Å². The van der Waals surface area contributed by atoms with Gasteiger partial charge in [0.2, 0.25) is 0 Å². The Morgan fingerprint density at radius 3 is 2.52 bits per heavy atom. The van der Waals surface area contributed by atoms with Gasteiger partial charge < -0.3 is 16.2 Å². The Kier molecular flexibility index (Phi) is 5.72. The van der Waals surface area contributed by atoms with Crippen LogP contribution in [0.1, 0.15) is 17.4 Å². The third-order valence-electron chi connectivity index (χ3n) is 4.55. The number of nitrogens with two attached hydrogens (primary N) is 1. The first-order valence-corrected chi connectivity index (χ1v) is 10.1. The number of benzene rings is 2. The quantitative estimate of drug-likeness (QED) is 0.402. The van der Waals surface area contributed by atoms with Crippen molar-refractivity contribution in [2.45, 2.75) is 13.0 Å². The van der Waals surface area contributed by atoms with Gasteiger partial charge in [-0.25, -0.2) is 14.6 Å². The number of hydrogen-bond acceptors (Lipinski definition) is 6. The SMILES string of the molecule is Cc1nn(-c2ccc(NC(=O)[C@H](O)c3cc(Cl)cc(Cl)c3)cc2Cl)c2c(N)ncnc12. The third kappa shape index (κ3) is 4.15. The van der Waals surface area contributed by atoms with Crippen molar-refractivity contribution in [2.24, 2.45) is 0 Å². The predicted molar refractivity (Wildman–Crippen MR) is 121 cm³/mol. The number of carbonyl (C=O) groups is 1. The molecule has 1 amide bonds. The summed E-state index contributed by atoms with van der Waals surface area (Å²) in [7, 11) is 0. The largest absolute Gasteiger partial charge is 0.382 e. The highest BCUT2D eigenvalue weighted by Crippen LogP contribution is 2.30. The Labute approximate surface area is 191 Å². The molecule has 158 valence electrons. The van der Waals surface area contributed by atoms with E-state index in [0.717, 1.165) is 0 Å². The van der Waals surface area contributed by atoms with Gasteiger partial charge in [0.1, 0.15) is 17.4 Å². The van der Waals surface area contributed by atoms with Crippen molar-refractivity contribution >= 4 is 63.2 Å². The maximum Gasteiger partial charge on any atom is 0.257 e. The van der Waals surface area contributed by atoms with Gasteiger partial charge >= 0.3 is 0 Å². The first kappa shape index (κ1) is 21.3. The number of fused-ring (bicyclic) bond motifs is 1. The molecule has 8 nitrogen and oxygen atoms in total.